The number of nitrogens with zero attached hydrogens (tertiary/aromatic N) is 1. The molecule has 128 valence electrons. The first kappa shape index (κ1) is 16.4. The van der Waals surface area contributed by atoms with E-state index in [2.05, 4.69) is 10.3 Å². The van der Waals surface area contributed by atoms with Gasteiger partial charge in [-0.2, -0.15) is 0 Å². The summed E-state index contributed by atoms with van der Waals surface area (Å²) in [5.74, 6) is 0.482. The maximum Gasteiger partial charge on any atom is 0.257 e. The number of fused-ring (bicyclic) bond motifs is 1. The third-order valence-electron chi connectivity index (χ3n) is 3.92. The molecule has 0 aliphatic carbocycles. The summed E-state index contributed by atoms with van der Waals surface area (Å²) >= 11 is 1.48. The first-order valence-corrected chi connectivity index (χ1v) is 9.21. The summed E-state index contributed by atoms with van der Waals surface area (Å²) in [6.45, 7) is 0. The van der Waals surface area contributed by atoms with E-state index < -0.39 is 0 Å². The fourth-order valence-corrected chi connectivity index (χ4v) is 3.48. The number of rotatable bonds is 5. The number of hydrogen-bond acceptors (Lipinski definition) is 4. The summed E-state index contributed by atoms with van der Waals surface area (Å²) in [5, 5.41) is 3.53. The van der Waals surface area contributed by atoms with Gasteiger partial charge in [0.15, 0.2) is 5.58 Å². The smallest absolute Gasteiger partial charge is 0.257 e. The normalized spacial score (nSPS) is 10.8. The Morgan fingerprint density at radius 1 is 0.923 bits per heavy atom. The van der Waals surface area contributed by atoms with Gasteiger partial charge >= 0.3 is 0 Å². The van der Waals surface area contributed by atoms with Crippen LogP contribution < -0.4 is 5.32 Å². The van der Waals surface area contributed by atoms with Crippen molar-refractivity contribution in [1.29, 1.82) is 0 Å². The number of nitrogens with one attached hydrogen (secondary N) is 1. The monoisotopic (exact) mass is 360 g/mol. The van der Waals surface area contributed by atoms with Gasteiger partial charge in [0.25, 0.3) is 11.1 Å². The van der Waals surface area contributed by atoms with Gasteiger partial charge in [0.05, 0.1) is 0 Å². The van der Waals surface area contributed by atoms with Crippen molar-refractivity contribution < 1.29 is 9.21 Å². The number of oxazole rings is 1. The van der Waals surface area contributed by atoms with E-state index in [9.17, 15) is 4.79 Å². The first-order chi connectivity index (χ1) is 12.8. The van der Waals surface area contributed by atoms with Gasteiger partial charge in [-0.15, -0.1) is 0 Å². The summed E-state index contributed by atoms with van der Waals surface area (Å²) in [7, 11) is 0. The number of carbonyl (C=O) groups excluding carboxylic acids is 1. The topological polar surface area (TPSA) is 55.1 Å². The van der Waals surface area contributed by atoms with Crippen molar-refractivity contribution in [2.24, 2.45) is 0 Å². The van der Waals surface area contributed by atoms with Crippen molar-refractivity contribution in [1.82, 2.24) is 4.98 Å². The van der Waals surface area contributed by atoms with Crippen molar-refractivity contribution in [3.63, 3.8) is 0 Å². The lowest BCUT2D eigenvalue weighted by Gasteiger charge is -2.09. The van der Waals surface area contributed by atoms with Crippen LogP contribution in [0.25, 0.3) is 11.1 Å². The minimum Gasteiger partial charge on any atom is -0.431 e. The highest BCUT2D eigenvalue weighted by Gasteiger charge is 2.13. The Morgan fingerprint density at radius 2 is 1.65 bits per heavy atom. The minimum absolute atomic E-state index is 0.120. The molecule has 0 bridgehead atoms. The number of hydrogen-bond donors (Lipinski definition) is 1. The Labute approximate surface area is 155 Å². The van der Waals surface area contributed by atoms with Gasteiger partial charge in [-0.1, -0.05) is 60.3 Å². The van der Waals surface area contributed by atoms with Crippen molar-refractivity contribution >= 4 is 34.5 Å². The summed E-state index contributed by atoms with van der Waals surface area (Å²) < 4.78 is 5.74. The van der Waals surface area contributed by atoms with Gasteiger partial charge in [-0.25, -0.2) is 4.98 Å². The predicted octanol–water partition coefficient (Wildman–Crippen LogP) is 5.37. The molecule has 0 fully saturated rings. The highest BCUT2D eigenvalue weighted by molar-refractivity contribution is 7.98. The molecule has 0 aliphatic rings. The van der Waals surface area contributed by atoms with E-state index in [0.717, 1.165) is 22.4 Å². The van der Waals surface area contributed by atoms with E-state index in [0.29, 0.717) is 16.5 Å². The third kappa shape index (κ3) is 3.63. The molecule has 0 aliphatic heterocycles. The first-order valence-electron chi connectivity index (χ1n) is 8.22. The van der Waals surface area contributed by atoms with Gasteiger partial charge in [0, 0.05) is 17.0 Å². The van der Waals surface area contributed by atoms with Crippen LogP contribution in [0.1, 0.15) is 15.9 Å². The fraction of sp³-hybridized carbons (Fsp3) is 0.0476. The van der Waals surface area contributed by atoms with Crippen LogP contribution in [0.4, 0.5) is 5.69 Å². The number of anilines is 1. The second-order valence-electron chi connectivity index (χ2n) is 5.71. The van der Waals surface area contributed by atoms with E-state index in [1.165, 1.54) is 11.8 Å². The Hall–Kier alpha value is -3.05. The molecule has 1 aromatic heterocycles. The van der Waals surface area contributed by atoms with Gasteiger partial charge < -0.3 is 9.73 Å². The molecule has 0 unspecified atom stereocenters. The Morgan fingerprint density at radius 3 is 2.50 bits per heavy atom. The largest absolute Gasteiger partial charge is 0.431 e. The van der Waals surface area contributed by atoms with Crippen LogP contribution in [0.15, 0.2) is 88.5 Å². The second-order valence-corrected chi connectivity index (χ2v) is 6.64. The molecule has 1 N–H and O–H groups in total. The van der Waals surface area contributed by atoms with Crippen LogP contribution in [-0.2, 0) is 5.75 Å². The molecular weight excluding hydrogens is 344 g/mol. The molecule has 0 saturated heterocycles. The molecule has 26 heavy (non-hydrogen) atoms. The standard InChI is InChI=1S/C21H16N2O2S/c24-20(22-16-9-2-1-3-10-16)17-11-5-4-8-15(17)14-26-21-23-18-12-6-7-13-19(18)25-21/h1-13H,14H2,(H,22,24). The third-order valence-corrected chi connectivity index (χ3v) is 4.80. The lowest BCUT2D eigenvalue weighted by Crippen LogP contribution is -2.13. The van der Waals surface area contributed by atoms with Crippen LogP contribution in [0.3, 0.4) is 0 Å². The van der Waals surface area contributed by atoms with Gasteiger partial charge in [0.1, 0.15) is 5.52 Å². The average molecular weight is 360 g/mol. The molecule has 0 saturated carbocycles. The highest BCUT2D eigenvalue weighted by atomic mass is 32.2. The maximum absolute atomic E-state index is 12.6. The minimum atomic E-state index is -0.120. The summed E-state index contributed by atoms with van der Waals surface area (Å²) in [6.07, 6.45) is 0. The van der Waals surface area contributed by atoms with Crippen molar-refractivity contribution in [2.45, 2.75) is 11.0 Å². The maximum atomic E-state index is 12.6. The summed E-state index contributed by atoms with van der Waals surface area (Å²) in [5.41, 5.74) is 3.97. The quantitative estimate of drug-likeness (QED) is 0.486. The lowest BCUT2D eigenvalue weighted by atomic mass is 10.1. The predicted molar refractivity (Wildman–Crippen MR) is 104 cm³/mol. The molecule has 4 rings (SSSR count). The number of aromatic nitrogens is 1. The molecule has 0 atom stereocenters. The van der Waals surface area contributed by atoms with Gasteiger partial charge in [-0.05, 0) is 35.9 Å². The molecule has 4 nitrogen and oxygen atoms in total. The fourth-order valence-electron chi connectivity index (χ4n) is 2.64. The highest BCUT2D eigenvalue weighted by Crippen LogP contribution is 2.27. The van der Waals surface area contributed by atoms with Crippen molar-refractivity contribution in [2.75, 3.05) is 5.32 Å². The van der Waals surface area contributed by atoms with Crippen LogP contribution >= 0.6 is 11.8 Å². The molecule has 1 heterocycles. The zero-order chi connectivity index (χ0) is 17.8. The molecule has 5 heteroatoms. The molecule has 4 aromatic rings. The Bertz CT molecular complexity index is 1010. The van der Waals surface area contributed by atoms with Crippen molar-refractivity contribution in [3.8, 4) is 0 Å². The zero-order valence-electron chi connectivity index (χ0n) is 13.9. The number of amides is 1. The number of para-hydroxylation sites is 3. The van der Waals surface area contributed by atoms with Crippen LogP contribution in [0, 0.1) is 0 Å². The average Bonchev–Trinajstić information content (AvgIpc) is 3.10. The SMILES string of the molecule is O=C(Nc1ccccc1)c1ccccc1CSc1nc2ccccc2o1. The number of carbonyl (C=O) groups is 1. The van der Waals surface area contributed by atoms with Crippen LogP contribution in [0.2, 0.25) is 0 Å². The van der Waals surface area contributed by atoms with Crippen LogP contribution in [0.5, 0.6) is 0 Å². The molecular formula is C21H16N2O2S. The number of benzene rings is 3. The Balaban J connectivity index is 1.51. The molecule has 3 aromatic carbocycles. The van der Waals surface area contributed by atoms with E-state index in [4.69, 9.17) is 4.42 Å². The van der Waals surface area contributed by atoms with E-state index in [-0.39, 0.29) is 5.91 Å². The second kappa shape index (κ2) is 7.45. The molecule has 0 radical (unpaired) electrons. The van der Waals surface area contributed by atoms with Crippen molar-refractivity contribution in [3.05, 3.63) is 90.0 Å². The zero-order valence-corrected chi connectivity index (χ0v) is 14.7. The number of thioether (sulfide) groups is 1. The lowest BCUT2D eigenvalue weighted by molar-refractivity contribution is 0.102. The van der Waals surface area contributed by atoms with E-state index in [1.807, 2.05) is 78.9 Å². The van der Waals surface area contributed by atoms with Gasteiger partial charge in [-0.3, -0.25) is 4.79 Å². The van der Waals surface area contributed by atoms with Gasteiger partial charge in [0.2, 0.25) is 0 Å². The van der Waals surface area contributed by atoms with E-state index >= 15 is 0 Å². The molecule has 0 spiro atoms. The Kier molecular flexibility index (Phi) is 4.71. The summed E-state index contributed by atoms with van der Waals surface area (Å²) in [6, 6.07) is 24.7. The van der Waals surface area contributed by atoms with Crippen LogP contribution in [-0.4, -0.2) is 10.9 Å². The molecule has 1 amide bonds. The summed E-state index contributed by atoms with van der Waals surface area (Å²) in [4.78, 5) is 17.1. The van der Waals surface area contributed by atoms with E-state index in [1.54, 1.807) is 0 Å².